The Balaban J connectivity index is 2.27. The average Bonchev–Trinajstić information content (AvgIpc) is 2.90. The van der Waals surface area contributed by atoms with Gasteiger partial charge in [0.25, 0.3) is 0 Å². The minimum Gasteiger partial charge on any atom is -0.309 e. The van der Waals surface area contributed by atoms with Crippen molar-refractivity contribution in [3.8, 4) is 0 Å². The maximum Gasteiger partial charge on any atom is 0.126 e. The maximum absolute atomic E-state index is 13.9. The van der Waals surface area contributed by atoms with Crippen molar-refractivity contribution in [1.82, 2.24) is 14.9 Å². The molecule has 1 N–H and O–H groups in total. The first-order chi connectivity index (χ1) is 9.65. The van der Waals surface area contributed by atoms with Crippen LogP contribution in [0, 0.1) is 5.82 Å². The van der Waals surface area contributed by atoms with Crippen LogP contribution in [-0.2, 0) is 12.8 Å². The van der Waals surface area contributed by atoms with Gasteiger partial charge in [0, 0.05) is 11.1 Å². The summed E-state index contributed by atoms with van der Waals surface area (Å²) in [5.74, 6) is -0.229. The Kier molecular flexibility index (Phi) is 5.46. The van der Waals surface area contributed by atoms with Crippen LogP contribution in [-0.4, -0.2) is 16.1 Å². The number of benzene rings is 1. The van der Waals surface area contributed by atoms with Crippen molar-refractivity contribution in [3.63, 3.8) is 0 Å². The number of aryl methyl sites for hydroxylation is 1. The molecule has 1 aromatic carbocycles. The second-order valence-electron chi connectivity index (χ2n) is 4.49. The highest BCUT2D eigenvalue weighted by Crippen LogP contribution is 2.26. The third kappa shape index (κ3) is 3.53. The van der Waals surface area contributed by atoms with Gasteiger partial charge in [0.15, 0.2) is 0 Å². The van der Waals surface area contributed by atoms with Crippen LogP contribution in [0.5, 0.6) is 0 Å². The number of nitrogens with one attached hydrogen (secondary N) is 1. The number of hydrogen-bond donors (Lipinski definition) is 1. The van der Waals surface area contributed by atoms with E-state index in [9.17, 15) is 4.39 Å². The first-order valence-corrected chi connectivity index (χ1v) is 7.79. The van der Waals surface area contributed by atoms with Gasteiger partial charge < -0.3 is 5.32 Å². The summed E-state index contributed by atoms with van der Waals surface area (Å²) in [4.78, 5) is 1.08. The van der Waals surface area contributed by atoms with Crippen LogP contribution in [0.3, 0.4) is 0 Å². The lowest BCUT2D eigenvalue weighted by molar-refractivity contribution is 0.530. The fourth-order valence-electron chi connectivity index (χ4n) is 2.15. The van der Waals surface area contributed by atoms with Crippen LogP contribution < -0.4 is 5.32 Å². The summed E-state index contributed by atoms with van der Waals surface area (Å²) in [7, 11) is 0. The van der Waals surface area contributed by atoms with E-state index in [2.05, 4.69) is 14.9 Å². The Labute approximate surface area is 127 Å². The van der Waals surface area contributed by atoms with Gasteiger partial charge in [-0.1, -0.05) is 29.9 Å². The van der Waals surface area contributed by atoms with Gasteiger partial charge in [0.2, 0.25) is 0 Å². The fraction of sp³-hybridized carbons (Fsp3) is 0.429. The number of rotatable bonds is 6. The van der Waals surface area contributed by atoms with Crippen LogP contribution >= 0.6 is 23.1 Å². The maximum atomic E-state index is 13.9. The molecule has 0 spiro atoms. The summed E-state index contributed by atoms with van der Waals surface area (Å²) in [6.07, 6.45) is 1.36. The van der Waals surface area contributed by atoms with Gasteiger partial charge >= 0.3 is 0 Å². The molecule has 20 heavy (non-hydrogen) atoms. The van der Waals surface area contributed by atoms with Gasteiger partial charge in [-0.25, -0.2) is 4.39 Å². The zero-order valence-corrected chi connectivity index (χ0v) is 13.1. The molecule has 0 saturated heterocycles. The Morgan fingerprint density at radius 1 is 1.40 bits per heavy atom. The zero-order valence-electron chi connectivity index (χ0n) is 11.5. The van der Waals surface area contributed by atoms with Crippen molar-refractivity contribution in [3.05, 3.63) is 45.2 Å². The first-order valence-electron chi connectivity index (χ1n) is 6.64. The first kappa shape index (κ1) is 15.4. The second kappa shape index (κ2) is 7.11. The van der Waals surface area contributed by atoms with Crippen molar-refractivity contribution >= 4 is 23.1 Å². The fourth-order valence-corrected chi connectivity index (χ4v) is 3.16. The molecule has 1 heterocycles. The number of likely N-dealkylation sites (N-methyl/N-ethyl adjacent to an activating group) is 1. The highest BCUT2D eigenvalue weighted by atomic mass is 35.5. The van der Waals surface area contributed by atoms with E-state index in [-0.39, 0.29) is 11.9 Å². The van der Waals surface area contributed by atoms with E-state index in [0.29, 0.717) is 17.0 Å². The summed E-state index contributed by atoms with van der Waals surface area (Å²) < 4.78 is 17.9. The molecule has 0 aliphatic rings. The van der Waals surface area contributed by atoms with Gasteiger partial charge in [0.05, 0.1) is 10.6 Å². The molecule has 6 heteroatoms. The molecular weight excluding hydrogens is 297 g/mol. The lowest BCUT2D eigenvalue weighted by Gasteiger charge is -2.17. The van der Waals surface area contributed by atoms with Gasteiger partial charge in [0.1, 0.15) is 5.82 Å². The summed E-state index contributed by atoms with van der Waals surface area (Å²) in [5, 5.41) is 8.05. The van der Waals surface area contributed by atoms with Crippen LogP contribution in [0.15, 0.2) is 18.2 Å². The highest BCUT2D eigenvalue weighted by Gasteiger charge is 2.19. The lowest BCUT2D eigenvalue weighted by atomic mass is 10.0. The van der Waals surface area contributed by atoms with E-state index in [1.807, 2.05) is 13.8 Å². The second-order valence-corrected chi connectivity index (χ2v) is 5.71. The molecule has 108 valence electrons. The molecular formula is C14H17ClFN3S. The summed E-state index contributed by atoms with van der Waals surface area (Å²) in [6.45, 7) is 4.87. The molecule has 0 bridgehead atoms. The highest BCUT2D eigenvalue weighted by molar-refractivity contribution is 7.05. The molecule has 3 nitrogen and oxygen atoms in total. The van der Waals surface area contributed by atoms with E-state index in [4.69, 9.17) is 11.6 Å². The molecule has 0 aliphatic carbocycles. The Morgan fingerprint density at radius 3 is 2.90 bits per heavy atom. The third-order valence-corrected chi connectivity index (χ3v) is 4.23. The monoisotopic (exact) mass is 313 g/mol. The predicted molar refractivity (Wildman–Crippen MR) is 80.8 cm³/mol. The van der Waals surface area contributed by atoms with Crippen LogP contribution in [0.4, 0.5) is 4.39 Å². The Bertz CT molecular complexity index is 573. The molecule has 2 aromatic rings. The summed E-state index contributed by atoms with van der Waals surface area (Å²) in [5.41, 5.74) is 1.59. The molecule has 0 aliphatic heterocycles. The molecule has 1 atom stereocenters. The predicted octanol–water partition coefficient (Wildman–Crippen LogP) is 3.79. The van der Waals surface area contributed by atoms with Crippen molar-refractivity contribution < 1.29 is 4.39 Å². The zero-order chi connectivity index (χ0) is 14.5. The quantitative estimate of drug-likeness (QED) is 0.881. The minimum atomic E-state index is -0.229. The van der Waals surface area contributed by atoms with E-state index in [1.165, 1.54) is 17.6 Å². The van der Waals surface area contributed by atoms with Gasteiger partial charge in [-0.2, -0.15) is 0 Å². The van der Waals surface area contributed by atoms with E-state index >= 15 is 0 Å². The smallest absolute Gasteiger partial charge is 0.126 e. The SMILES string of the molecule is CCNC(Cc1cc(Cl)ccc1F)c1snnc1CC. The number of halogens is 2. The average molecular weight is 314 g/mol. The largest absolute Gasteiger partial charge is 0.309 e. The van der Waals surface area contributed by atoms with Crippen LogP contribution in [0.1, 0.15) is 36.0 Å². The molecule has 0 saturated carbocycles. The summed E-state index contributed by atoms with van der Waals surface area (Å²) >= 11 is 7.32. The number of hydrogen-bond acceptors (Lipinski definition) is 4. The van der Waals surface area contributed by atoms with Gasteiger partial charge in [-0.05, 0) is 54.7 Å². The number of nitrogens with zero attached hydrogens (tertiary/aromatic N) is 2. The van der Waals surface area contributed by atoms with Crippen LogP contribution in [0.25, 0.3) is 0 Å². The van der Waals surface area contributed by atoms with E-state index in [0.717, 1.165) is 23.5 Å². The van der Waals surface area contributed by atoms with Crippen molar-refractivity contribution in [2.24, 2.45) is 0 Å². The molecule has 1 unspecified atom stereocenters. The molecule has 2 rings (SSSR count). The molecule has 1 aromatic heterocycles. The van der Waals surface area contributed by atoms with Gasteiger partial charge in [-0.15, -0.1) is 5.10 Å². The van der Waals surface area contributed by atoms with E-state index < -0.39 is 0 Å². The van der Waals surface area contributed by atoms with Crippen molar-refractivity contribution in [1.29, 1.82) is 0 Å². The minimum absolute atomic E-state index is 0.0166. The van der Waals surface area contributed by atoms with Crippen molar-refractivity contribution in [2.45, 2.75) is 32.7 Å². The lowest BCUT2D eigenvalue weighted by Crippen LogP contribution is -2.23. The Hall–Kier alpha value is -1.04. The molecule has 0 radical (unpaired) electrons. The summed E-state index contributed by atoms with van der Waals surface area (Å²) in [6, 6.07) is 4.67. The molecule has 0 amide bonds. The Morgan fingerprint density at radius 2 is 2.20 bits per heavy atom. The topological polar surface area (TPSA) is 37.8 Å². The molecule has 0 fully saturated rings. The van der Waals surface area contributed by atoms with Crippen LogP contribution in [0.2, 0.25) is 5.02 Å². The van der Waals surface area contributed by atoms with E-state index in [1.54, 1.807) is 12.1 Å². The standard InChI is InChI=1S/C14H17ClFN3S/c1-3-12-14(20-19-18-12)13(17-4-2)8-9-7-10(15)5-6-11(9)16/h5-7,13,17H,3-4,8H2,1-2H3. The third-order valence-electron chi connectivity index (χ3n) is 3.12. The number of aromatic nitrogens is 2. The normalized spacial score (nSPS) is 12.6. The van der Waals surface area contributed by atoms with Crippen molar-refractivity contribution in [2.75, 3.05) is 6.54 Å². The van der Waals surface area contributed by atoms with Gasteiger partial charge in [-0.3, -0.25) is 0 Å².